The molecule has 0 radical (unpaired) electrons. The van der Waals surface area contributed by atoms with E-state index in [1.54, 1.807) is 18.3 Å². The number of thiazole rings is 1. The number of anilines is 2. The number of hydrogen-bond acceptors (Lipinski definition) is 5. The molecular weight excluding hydrogens is 464 g/mol. The predicted molar refractivity (Wildman–Crippen MR) is 130 cm³/mol. The Morgan fingerprint density at radius 2 is 1.84 bits per heavy atom. The quantitative estimate of drug-likeness (QED) is 0.556. The molecule has 0 aliphatic carbocycles. The molecule has 1 amide bonds. The normalized spacial score (nSPS) is 22.4. The summed E-state index contributed by atoms with van der Waals surface area (Å²) in [5.74, 6) is 0.588. The Bertz CT molecular complexity index is 1110. The number of hydrogen-bond donors (Lipinski definition) is 1. The second kappa shape index (κ2) is 9.31. The summed E-state index contributed by atoms with van der Waals surface area (Å²) in [7, 11) is -1.39. The molecule has 2 fully saturated rings. The van der Waals surface area contributed by atoms with Crippen molar-refractivity contribution < 1.29 is 9.00 Å². The molecule has 5 rings (SSSR count). The maximum absolute atomic E-state index is 13.2. The van der Waals surface area contributed by atoms with Crippen molar-refractivity contribution in [2.45, 2.75) is 29.7 Å². The number of nitrogens with zero attached hydrogens (tertiary/aromatic N) is 3. The maximum Gasteiger partial charge on any atom is 0.244 e. The van der Waals surface area contributed by atoms with Crippen LogP contribution in [0.5, 0.6) is 0 Å². The molecule has 1 aromatic heterocycles. The Labute approximate surface area is 198 Å². The third-order valence-electron chi connectivity index (χ3n) is 6.15. The van der Waals surface area contributed by atoms with E-state index in [2.05, 4.69) is 26.7 Å². The fraction of sp³-hybridized carbons (Fsp3) is 0.304. The SMILES string of the molecule is O=C1[C@@H](N2CCC(c3ccc(Cl)cc3)C2)CCN1c1ccc(S(=O)Nc2nccs2)cc1. The molecule has 9 heteroatoms. The van der Waals surface area contributed by atoms with Gasteiger partial charge in [0.2, 0.25) is 5.91 Å². The number of halogens is 1. The second-order valence-electron chi connectivity index (χ2n) is 8.03. The van der Waals surface area contributed by atoms with Crippen molar-refractivity contribution >= 4 is 50.6 Å². The summed E-state index contributed by atoms with van der Waals surface area (Å²) >= 11 is 7.42. The number of benzene rings is 2. The molecule has 6 nitrogen and oxygen atoms in total. The monoisotopic (exact) mass is 486 g/mol. The second-order valence-corrected chi connectivity index (χ2v) is 10.6. The highest BCUT2D eigenvalue weighted by molar-refractivity contribution is 7.86. The summed E-state index contributed by atoms with van der Waals surface area (Å²) < 4.78 is 15.4. The van der Waals surface area contributed by atoms with Gasteiger partial charge in [-0.1, -0.05) is 23.7 Å². The number of nitrogens with one attached hydrogen (secondary N) is 1. The molecule has 166 valence electrons. The zero-order valence-corrected chi connectivity index (χ0v) is 19.7. The fourth-order valence-electron chi connectivity index (χ4n) is 4.50. The number of carbonyl (C=O) groups excluding carboxylic acids is 1. The lowest BCUT2D eigenvalue weighted by Crippen LogP contribution is -2.40. The summed E-state index contributed by atoms with van der Waals surface area (Å²) in [4.78, 5) is 22.1. The number of likely N-dealkylation sites (tertiary alicyclic amines) is 1. The molecule has 2 saturated heterocycles. The minimum absolute atomic E-state index is 0.0762. The van der Waals surface area contributed by atoms with E-state index in [1.165, 1.54) is 16.9 Å². The van der Waals surface area contributed by atoms with Gasteiger partial charge < -0.3 is 4.90 Å². The summed E-state index contributed by atoms with van der Waals surface area (Å²) in [5.41, 5.74) is 2.13. The van der Waals surface area contributed by atoms with E-state index in [0.29, 0.717) is 22.5 Å². The lowest BCUT2D eigenvalue weighted by atomic mass is 9.99. The first-order valence-electron chi connectivity index (χ1n) is 10.6. The smallest absolute Gasteiger partial charge is 0.244 e. The Morgan fingerprint density at radius 1 is 1.06 bits per heavy atom. The van der Waals surface area contributed by atoms with Gasteiger partial charge in [-0.15, -0.1) is 11.3 Å². The molecule has 2 aliphatic heterocycles. The summed E-state index contributed by atoms with van der Waals surface area (Å²) in [6.45, 7) is 2.52. The van der Waals surface area contributed by atoms with Gasteiger partial charge in [-0.3, -0.25) is 14.4 Å². The van der Waals surface area contributed by atoms with Crippen LogP contribution in [0.15, 0.2) is 65.0 Å². The van der Waals surface area contributed by atoms with E-state index in [1.807, 2.05) is 34.5 Å². The summed E-state index contributed by atoms with van der Waals surface area (Å²) in [6.07, 6.45) is 3.55. The van der Waals surface area contributed by atoms with Gasteiger partial charge in [0.15, 0.2) is 16.1 Å². The molecule has 2 aliphatic rings. The standard InChI is InChI=1S/C23H23ClN4O2S2/c24-18-3-1-16(2-4-18)17-9-12-27(15-17)21-10-13-28(22(21)29)19-5-7-20(8-6-19)32(30)26-23-25-11-14-31-23/h1-8,11,14,17,21H,9-10,12-13,15H2,(H,25,26)/t17?,21-,32?/m0/s1. The van der Waals surface area contributed by atoms with Crippen molar-refractivity contribution in [3.8, 4) is 0 Å². The van der Waals surface area contributed by atoms with Gasteiger partial charge >= 0.3 is 0 Å². The van der Waals surface area contributed by atoms with Crippen LogP contribution < -0.4 is 9.62 Å². The Kier molecular flexibility index (Phi) is 6.28. The van der Waals surface area contributed by atoms with Gasteiger partial charge in [-0.2, -0.15) is 0 Å². The van der Waals surface area contributed by atoms with E-state index in [-0.39, 0.29) is 11.9 Å². The van der Waals surface area contributed by atoms with Gasteiger partial charge in [0.05, 0.1) is 10.9 Å². The zero-order chi connectivity index (χ0) is 22.1. The van der Waals surface area contributed by atoms with Crippen molar-refractivity contribution in [1.82, 2.24) is 9.88 Å². The molecule has 1 N–H and O–H groups in total. The van der Waals surface area contributed by atoms with E-state index < -0.39 is 11.0 Å². The first-order valence-corrected chi connectivity index (χ1v) is 13.0. The van der Waals surface area contributed by atoms with Crippen molar-refractivity contribution in [3.63, 3.8) is 0 Å². The Morgan fingerprint density at radius 3 is 2.56 bits per heavy atom. The molecule has 32 heavy (non-hydrogen) atoms. The fourth-order valence-corrected chi connectivity index (χ4v) is 6.13. The topological polar surface area (TPSA) is 65.5 Å². The molecule has 2 aromatic carbocycles. The molecular formula is C23H23ClN4O2S2. The third kappa shape index (κ3) is 4.45. The Hall–Kier alpha value is -2.26. The number of carbonyl (C=O) groups is 1. The van der Waals surface area contributed by atoms with Crippen molar-refractivity contribution in [2.75, 3.05) is 29.3 Å². The van der Waals surface area contributed by atoms with Gasteiger partial charge in [0, 0.05) is 35.4 Å². The largest absolute Gasteiger partial charge is 0.311 e. The number of rotatable bonds is 6. The van der Waals surface area contributed by atoms with E-state index in [0.717, 1.165) is 36.6 Å². The highest BCUT2D eigenvalue weighted by Gasteiger charge is 2.39. The highest BCUT2D eigenvalue weighted by atomic mass is 35.5. The van der Waals surface area contributed by atoms with Crippen LogP contribution in [-0.2, 0) is 15.8 Å². The van der Waals surface area contributed by atoms with Crippen LogP contribution in [0.3, 0.4) is 0 Å². The summed E-state index contributed by atoms with van der Waals surface area (Å²) in [5, 5.41) is 3.20. The summed E-state index contributed by atoms with van der Waals surface area (Å²) in [6, 6.07) is 15.3. The van der Waals surface area contributed by atoms with E-state index in [9.17, 15) is 9.00 Å². The van der Waals surface area contributed by atoms with Crippen LogP contribution in [0.25, 0.3) is 0 Å². The molecule has 0 spiro atoms. The lowest BCUT2D eigenvalue weighted by molar-refractivity contribution is -0.121. The van der Waals surface area contributed by atoms with Crippen molar-refractivity contribution in [3.05, 3.63) is 70.7 Å². The molecule has 3 heterocycles. The predicted octanol–water partition coefficient (Wildman–Crippen LogP) is 4.53. The average Bonchev–Trinajstić information content (AvgIpc) is 3.56. The minimum Gasteiger partial charge on any atom is -0.311 e. The van der Waals surface area contributed by atoms with Gasteiger partial charge in [0.1, 0.15) is 0 Å². The number of aromatic nitrogens is 1. The Balaban J connectivity index is 1.22. The number of amides is 1. The first kappa shape index (κ1) is 21.6. The van der Waals surface area contributed by atoms with Gasteiger partial charge in [-0.25, -0.2) is 9.19 Å². The van der Waals surface area contributed by atoms with Crippen LogP contribution in [0.4, 0.5) is 10.8 Å². The van der Waals surface area contributed by atoms with Crippen molar-refractivity contribution in [1.29, 1.82) is 0 Å². The van der Waals surface area contributed by atoms with E-state index in [4.69, 9.17) is 11.6 Å². The van der Waals surface area contributed by atoms with Crippen molar-refractivity contribution in [2.24, 2.45) is 0 Å². The average molecular weight is 487 g/mol. The highest BCUT2D eigenvalue weighted by Crippen LogP contribution is 2.33. The first-order chi connectivity index (χ1) is 15.6. The maximum atomic E-state index is 13.2. The lowest BCUT2D eigenvalue weighted by Gasteiger charge is -2.23. The molecule has 3 aromatic rings. The van der Waals surface area contributed by atoms with E-state index >= 15 is 0 Å². The third-order valence-corrected chi connectivity index (χ3v) is 8.30. The van der Waals surface area contributed by atoms with Crippen LogP contribution in [0.1, 0.15) is 24.3 Å². The van der Waals surface area contributed by atoms with Crippen LogP contribution in [0.2, 0.25) is 5.02 Å². The van der Waals surface area contributed by atoms with Crippen LogP contribution in [-0.4, -0.2) is 45.7 Å². The molecule has 0 bridgehead atoms. The minimum atomic E-state index is -1.39. The van der Waals surface area contributed by atoms with Crippen LogP contribution >= 0.6 is 22.9 Å². The van der Waals surface area contributed by atoms with Gasteiger partial charge in [-0.05, 0) is 67.3 Å². The molecule has 3 atom stereocenters. The molecule has 0 saturated carbocycles. The van der Waals surface area contributed by atoms with Gasteiger partial charge in [0.25, 0.3) is 0 Å². The zero-order valence-electron chi connectivity index (χ0n) is 17.3. The van der Waals surface area contributed by atoms with Crippen LogP contribution in [0, 0.1) is 0 Å². The molecule has 2 unspecified atom stereocenters.